The number of halogens is 1. The van der Waals surface area contributed by atoms with Gasteiger partial charge in [-0.1, -0.05) is 49.1 Å². The van der Waals surface area contributed by atoms with Gasteiger partial charge in [-0.05, 0) is 42.8 Å². The summed E-state index contributed by atoms with van der Waals surface area (Å²) in [7, 11) is 0. The first-order chi connectivity index (χ1) is 10.1. The van der Waals surface area contributed by atoms with Crippen molar-refractivity contribution in [2.45, 2.75) is 38.1 Å². The van der Waals surface area contributed by atoms with E-state index >= 15 is 0 Å². The first-order valence-corrected chi connectivity index (χ1v) is 7.98. The van der Waals surface area contributed by atoms with E-state index in [1.165, 1.54) is 25.3 Å². The molecule has 0 bridgehead atoms. The van der Waals surface area contributed by atoms with Crippen molar-refractivity contribution < 1.29 is 4.79 Å². The summed E-state index contributed by atoms with van der Waals surface area (Å²) in [6.45, 7) is 0. The van der Waals surface area contributed by atoms with E-state index in [0.717, 1.165) is 18.4 Å². The Balaban J connectivity index is 1.81. The molecule has 0 unspecified atom stereocenters. The largest absolute Gasteiger partial charge is 0.360 e. The molecule has 1 saturated carbocycles. The third kappa shape index (κ3) is 5.48. The number of benzene rings is 1. The topological polar surface area (TPSA) is 41.1 Å². The number of thiocarbonyl (C=S) groups is 1. The van der Waals surface area contributed by atoms with Gasteiger partial charge in [0.15, 0.2) is 5.11 Å². The number of hydrogen-bond acceptors (Lipinski definition) is 2. The van der Waals surface area contributed by atoms with Crippen molar-refractivity contribution in [3.05, 3.63) is 40.9 Å². The van der Waals surface area contributed by atoms with Gasteiger partial charge in [-0.25, -0.2) is 0 Å². The molecule has 5 heteroatoms. The van der Waals surface area contributed by atoms with E-state index in [0.29, 0.717) is 16.2 Å². The first kappa shape index (κ1) is 16.0. The molecule has 0 saturated heterocycles. The van der Waals surface area contributed by atoms with Crippen LogP contribution in [0.1, 0.15) is 37.7 Å². The van der Waals surface area contributed by atoms with E-state index in [1.807, 2.05) is 18.2 Å². The van der Waals surface area contributed by atoms with Crippen molar-refractivity contribution in [3.8, 4) is 0 Å². The number of nitrogens with one attached hydrogen (secondary N) is 2. The first-order valence-electron chi connectivity index (χ1n) is 7.19. The van der Waals surface area contributed by atoms with Crippen molar-refractivity contribution in [3.63, 3.8) is 0 Å². The van der Waals surface area contributed by atoms with Gasteiger partial charge in [-0.15, -0.1) is 0 Å². The molecule has 0 spiro atoms. The fraction of sp³-hybridized carbons (Fsp3) is 0.375. The fourth-order valence-corrected chi connectivity index (χ4v) is 2.86. The van der Waals surface area contributed by atoms with E-state index in [-0.39, 0.29) is 5.91 Å². The Labute approximate surface area is 135 Å². The molecule has 1 aromatic carbocycles. The highest BCUT2D eigenvalue weighted by atomic mass is 35.5. The number of hydrogen-bond donors (Lipinski definition) is 2. The maximum absolute atomic E-state index is 11.8. The van der Waals surface area contributed by atoms with Crippen LogP contribution in [-0.2, 0) is 4.79 Å². The second kappa shape index (κ2) is 8.15. The zero-order chi connectivity index (χ0) is 15.1. The summed E-state index contributed by atoms with van der Waals surface area (Å²) in [5, 5.41) is 6.88. The molecule has 2 rings (SSSR count). The highest BCUT2D eigenvalue weighted by Gasteiger charge is 2.14. The molecule has 21 heavy (non-hydrogen) atoms. The van der Waals surface area contributed by atoms with Crippen LogP contribution >= 0.6 is 23.8 Å². The highest BCUT2D eigenvalue weighted by molar-refractivity contribution is 7.80. The average Bonchev–Trinajstić information content (AvgIpc) is 2.47. The van der Waals surface area contributed by atoms with Crippen molar-refractivity contribution in [2.75, 3.05) is 0 Å². The Hall–Kier alpha value is -1.39. The standard InChI is InChI=1S/C16H19ClN2OS/c17-14-9-5-4-6-12(14)10-11-15(20)19-16(21)18-13-7-2-1-3-8-13/h4-6,9-11,13H,1-3,7-8H2,(H2,18,19,20,21)/b11-10+. The second-order valence-electron chi connectivity index (χ2n) is 5.15. The monoisotopic (exact) mass is 322 g/mol. The smallest absolute Gasteiger partial charge is 0.250 e. The molecule has 3 nitrogen and oxygen atoms in total. The maximum Gasteiger partial charge on any atom is 0.250 e. The van der Waals surface area contributed by atoms with Gasteiger partial charge in [0.05, 0.1) is 0 Å². The van der Waals surface area contributed by atoms with Gasteiger partial charge in [0.2, 0.25) is 5.91 Å². The van der Waals surface area contributed by atoms with Crippen LogP contribution in [0.2, 0.25) is 5.02 Å². The second-order valence-corrected chi connectivity index (χ2v) is 5.97. The third-order valence-electron chi connectivity index (χ3n) is 3.50. The molecular weight excluding hydrogens is 304 g/mol. The quantitative estimate of drug-likeness (QED) is 0.659. The molecule has 0 aliphatic heterocycles. The Kier molecular flexibility index (Phi) is 6.21. The Morgan fingerprint density at radius 1 is 1.24 bits per heavy atom. The van der Waals surface area contributed by atoms with Crippen LogP contribution in [0, 0.1) is 0 Å². The van der Waals surface area contributed by atoms with E-state index in [9.17, 15) is 4.79 Å². The summed E-state index contributed by atoms with van der Waals surface area (Å²) >= 11 is 11.2. The molecule has 0 aromatic heterocycles. The van der Waals surface area contributed by atoms with E-state index in [2.05, 4.69) is 10.6 Å². The third-order valence-corrected chi connectivity index (χ3v) is 4.06. The van der Waals surface area contributed by atoms with Crippen LogP contribution < -0.4 is 10.6 Å². The van der Waals surface area contributed by atoms with Crippen LogP contribution in [-0.4, -0.2) is 17.1 Å². The molecule has 0 atom stereocenters. The Morgan fingerprint density at radius 3 is 2.67 bits per heavy atom. The number of amides is 1. The normalized spacial score (nSPS) is 15.9. The molecule has 1 aliphatic rings. The van der Waals surface area contributed by atoms with Crippen LogP contribution in [0.25, 0.3) is 6.08 Å². The zero-order valence-corrected chi connectivity index (χ0v) is 13.3. The minimum absolute atomic E-state index is 0.247. The van der Waals surface area contributed by atoms with Crippen molar-refractivity contribution >= 4 is 40.9 Å². The lowest BCUT2D eigenvalue weighted by Gasteiger charge is -2.23. The maximum atomic E-state index is 11.8. The van der Waals surface area contributed by atoms with E-state index < -0.39 is 0 Å². The molecule has 1 amide bonds. The van der Waals surface area contributed by atoms with Gasteiger partial charge in [-0.2, -0.15) is 0 Å². The minimum Gasteiger partial charge on any atom is -0.360 e. The zero-order valence-electron chi connectivity index (χ0n) is 11.8. The van der Waals surface area contributed by atoms with Crippen molar-refractivity contribution in [1.29, 1.82) is 0 Å². The van der Waals surface area contributed by atoms with Gasteiger partial charge in [-0.3, -0.25) is 10.1 Å². The molecule has 0 radical (unpaired) electrons. The van der Waals surface area contributed by atoms with Gasteiger partial charge in [0.25, 0.3) is 0 Å². The molecule has 1 fully saturated rings. The van der Waals surface area contributed by atoms with E-state index in [1.54, 1.807) is 12.1 Å². The number of carbonyl (C=O) groups excluding carboxylic acids is 1. The van der Waals surface area contributed by atoms with Gasteiger partial charge in [0, 0.05) is 17.1 Å². The SMILES string of the molecule is O=C(/C=C/c1ccccc1Cl)NC(=S)NC1CCCCC1. The molecule has 1 aliphatic carbocycles. The number of rotatable bonds is 3. The van der Waals surface area contributed by atoms with Gasteiger partial charge >= 0.3 is 0 Å². The summed E-state index contributed by atoms with van der Waals surface area (Å²) in [6, 6.07) is 7.75. The fourth-order valence-electron chi connectivity index (χ4n) is 2.40. The molecule has 2 N–H and O–H groups in total. The van der Waals surface area contributed by atoms with Crippen LogP contribution in [0.3, 0.4) is 0 Å². The van der Waals surface area contributed by atoms with E-state index in [4.69, 9.17) is 23.8 Å². The molecular formula is C16H19ClN2OS. The summed E-state index contributed by atoms with van der Waals surface area (Å²) in [4.78, 5) is 11.8. The summed E-state index contributed by atoms with van der Waals surface area (Å²) in [5.41, 5.74) is 0.806. The summed E-state index contributed by atoms with van der Waals surface area (Å²) in [5.74, 6) is -0.247. The Bertz CT molecular complexity index is 539. The summed E-state index contributed by atoms with van der Waals surface area (Å²) < 4.78 is 0. The lowest BCUT2D eigenvalue weighted by molar-refractivity contribution is -0.115. The highest BCUT2D eigenvalue weighted by Crippen LogP contribution is 2.17. The van der Waals surface area contributed by atoms with Gasteiger partial charge < -0.3 is 5.32 Å². The molecule has 1 aromatic rings. The average molecular weight is 323 g/mol. The van der Waals surface area contributed by atoms with Crippen LogP contribution in [0.4, 0.5) is 0 Å². The van der Waals surface area contributed by atoms with Gasteiger partial charge in [0.1, 0.15) is 0 Å². The number of carbonyl (C=O) groups is 1. The van der Waals surface area contributed by atoms with Crippen LogP contribution in [0.15, 0.2) is 30.3 Å². The lowest BCUT2D eigenvalue weighted by Crippen LogP contribution is -2.44. The summed E-state index contributed by atoms with van der Waals surface area (Å²) in [6.07, 6.45) is 9.09. The predicted molar refractivity (Wildman–Crippen MR) is 91.2 cm³/mol. The predicted octanol–water partition coefficient (Wildman–Crippen LogP) is 3.68. The van der Waals surface area contributed by atoms with Crippen molar-refractivity contribution in [1.82, 2.24) is 10.6 Å². The van der Waals surface area contributed by atoms with Crippen molar-refractivity contribution in [2.24, 2.45) is 0 Å². The van der Waals surface area contributed by atoms with Crippen LogP contribution in [0.5, 0.6) is 0 Å². The molecule has 112 valence electrons. The lowest BCUT2D eigenvalue weighted by atomic mass is 9.96. The molecule has 0 heterocycles. The Morgan fingerprint density at radius 2 is 1.95 bits per heavy atom. The minimum atomic E-state index is -0.247.